The highest BCUT2D eigenvalue weighted by atomic mass is 35.5. The van der Waals surface area contributed by atoms with Crippen molar-refractivity contribution < 1.29 is 4.74 Å². The van der Waals surface area contributed by atoms with E-state index < -0.39 is 0 Å². The predicted octanol–water partition coefficient (Wildman–Crippen LogP) is 3.55. The number of ether oxygens (including phenoxy) is 1. The molecule has 1 aromatic heterocycles. The Labute approximate surface area is 109 Å². The van der Waals surface area contributed by atoms with Crippen molar-refractivity contribution in [2.24, 2.45) is 5.41 Å². The molecule has 0 atom stereocenters. The number of halogens is 1. The Morgan fingerprint density at radius 2 is 2.18 bits per heavy atom. The Balaban J connectivity index is 2.48. The first-order valence-electron chi connectivity index (χ1n) is 5.88. The average molecular weight is 257 g/mol. The van der Waals surface area contributed by atoms with Crippen molar-refractivity contribution in [2.45, 2.75) is 26.7 Å². The second kappa shape index (κ2) is 6.70. The van der Waals surface area contributed by atoms with Crippen LogP contribution in [0.5, 0.6) is 5.88 Å². The van der Waals surface area contributed by atoms with Gasteiger partial charge in [0.05, 0.1) is 7.11 Å². The first-order chi connectivity index (χ1) is 8.07. The smallest absolute Gasteiger partial charge is 0.214 e. The van der Waals surface area contributed by atoms with Gasteiger partial charge in [-0.15, -0.1) is 11.6 Å². The number of alkyl halides is 1. The molecular weight excluding hydrogens is 236 g/mol. The molecular formula is C13H21ClN2O. The fraction of sp³-hybridized carbons (Fsp3) is 0.615. The van der Waals surface area contributed by atoms with E-state index in [1.54, 1.807) is 7.11 Å². The van der Waals surface area contributed by atoms with Crippen LogP contribution >= 0.6 is 11.6 Å². The lowest BCUT2D eigenvalue weighted by molar-refractivity contribution is 0.354. The number of nitrogens with zero attached hydrogens (tertiary/aromatic N) is 1. The highest BCUT2D eigenvalue weighted by Crippen LogP contribution is 2.23. The molecule has 1 aromatic rings. The van der Waals surface area contributed by atoms with Gasteiger partial charge in [0.1, 0.15) is 5.82 Å². The van der Waals surface area contributed by atoms with Crippen LogP contribution in [0.4, 0.5) is 5.82 Å². The van der Waals surface area contributed by atoms with E-state index in [1.165, 1.54) is 0 Å². The first-order valence-corrected chi connectivity index (χ1v) is 6.42. The third kappa shape index (κ3) is 5.26. The maximum atomic E-state index is 5.72. The largest absolute Gasteiger partial charge is 0.481 e. The Bertz CT molecular complexity index is 342. The number of hydrogen-bond donors (Lipinski definition) is 1. The number of hydrogen-bond acceptors (Lipinski definition) is 3. The normalized spacial score (nSPS) is 11.3. The lowest BCUT2D eigenvalue weighted by atomic mass is 9.88. The summed E-state index contributed by atoms with van der Waals surface area (Å²) in [6.07, 6.45) is 2.15. The van der Waals surface area contributed by atoms with Gasteiger partial charge in [0, 0.05) is 18.5 Å². The van der Waals surface area contributed by atoms with Gasteiger partial charge in [0.25, 0.3) is 0 Å². The molecule has 0 radical (unpaired) electrons. The summed E-state index contributed by atoms with van der Waals surface area (Å²) < 4.78 is 5.08. The standard InChI is InChI=1S/C13H21ClN2O/c1-13(2,8-5-9-14)10-15-11-6-4-7-12(16-11)17-3/h4,6-7H,5,8-10H2,1-3H3,(H,15,16). The molecule has 0 aliphatic heterocycles. The third-order valence-electron chi connectivity index (χ3n) is 2.67. The van der Waals surface area contributed by atoms with Gasteiger partial charge in [-0.05, 0) is 24.3 Å². The van der Waals surface area contributed by atoms with Gasteiger partial charge in [0.15, 0.2) is 0 Å². The quantitative estimate of drug-likeness (QED) is 0.758. The molecule has 0 aliphatic rings. The van der Waals surface area contributed by atoms with Crippen molar-refractivity contribution in [2.75, 3.05) is 24.9 Å². The van der Waals surface area contributed by atoms with Crippen molar-refractivity contribution in [3.8, 4) is 5.88 Å². The molecule has 0 saturated heterocycles. The van der Waals surface area contributed by atoms with Crippen LogP contribution in [0, 0.1) is 5.41 Å². The summed E-state index contributed by atoms with van der Waals surface area (Å²) >= 11 is 5.72. The van der Waals surface area contributed by atoms with Crippen molar-refractivity contribution >= 4 is 17.4 Å². The Kier molecular flexibility index (Phi) is 5.56. The minimum Gasteiger partial charge on any atom is -0.481 e. The molecule has 1 rings (SSSR count). The molecule has 0 spiro atoms. The van der Waals surface area contributed by atoms with E-state index in [9.17, 15) is 0 Å². The van der Waals surface area contributed by atoms with Crippen LogP contribution in [-0.4, -0.2) is 24.5 Å². The summed E-state index contributed by atoms with van der Waals surface area (Å²) in [5, 5.41) is 3.33. The Morgan fingerprint density at radius 3 is 2.82 bits per heavy atom. The summed E-state index contributed by atoms with van der Waals surface area (Å²) in [5.41, 5.74) is 0.222. The fourth-order valence-electron chi connectivity index (χ4n) is 1.59. The predicted molar refractivity (Wildman–Crippen MR) is 73.0 cm³/mol. The van der Waals surface area contributed by atoms with Gasteiger partial charge in [-0.1, -0.05) is 19.9 Å². The van der Waals surface area contributed by atoms with Crippen LogP contribution in [0.2, 0.25) is 0 Å². The number of aromatic nitrogens is 1. The molecule has 0 fully saturated rings. The molecule has 0 aromatic carbocycles. The molecule has 0 aliphatic carbocycles. The lowest BCUT2D eigenvalue weighted by Crippen LogP contribution is -2.23. The minimum atomic E-state index is 0.222. The van der Waals surface area contributed by atoms with Crippen LogP contribution < -0.4 is 10.1 Å². The highest BCUT2D eigenvalue weighted by Gasteiger charge is 2.17. The molecule has 0 saturated carbocycles. The van der Waals surface area contributed by atoms with Crippen molar-refractivity contribution in [3.05, 3.63) is 18.2 Å². The number of methoxy groups -OCH3 is 1. The zero-order valence-electron chi connectivity index (χ0n) is 10.8. The highest BCUT2D eigenvalue weighted by molar-refractivity contribution is 6.17. The van der Waals surface area contributed by atoms with Gasteiger partial charge in [-0.3, -0.25) is 0 Å². The summed E-state index contributed by atoms with van der Waals surface area (Å²) in [7, 11) is 1.62. The summed E-state index contributed by atoms with van der Waals surface area (Å²) in [6, 6.07) is 5.71. The molecule has 96 valence electrons. The zero-order chi connectivity index (χ0) is 12.7. The number of pyridine rings is 1. The van der Waals surface area contributed by atoms with E-state index >= 15 is 0 Å². The first kappa shape index (κ1) is 14.1. The van der Waals surface area contributed by atoms with Crippen LogP contribution in [0.1, 0.15) is 26.7 Å². The van der Waals surface area contributed by atoms with Crippen LogP contribution in [-0.2, 0) is 0 Å². The van der Waals surface area contributed by atoms with Crippen LogP contribution in [0.15, 0.2) is 18.2 Å². The summed E-state index contributed by atoms with van der Waals surface area (Å²) in [5.74, 6) is 2.21. The molecule has 0 unspecified atom stereocenters. The summed E-state index contributed by atoms with van der Waals surface area (Å²) in [4.78, 5) is 4.32. The van der Waals surface area contributed by atoms with Gasteiger partial charge in [-0.25, -0.2) is 0 Å². The average Bonchev–Trinajstić information content (AvgIpc) is 2.34. The van der Waals surface area contributed by atoms with E-state index in [-0.39, 0.29) is 5.41 Å². The molecule has 0 bridgehead atoms. The van der Waals surface area contributed by atoms with Crippen molar-refractivity contribution in [3.63, 3.8) is 0 Å². The van der Waals surface area contributed by atoms with Gasteiger partial charge >= 0.3 is 0 Å². The molecule has 1 N–H and O–H groups in total. The molecule has 3 nitrogen and oxygen atoms in total. The number of rotatable bonds is 7. The Morgan fingerprint density at radius 1 is 1.41 bits per heavy atom. The van der Waals surface area contributed by atoms with Crippen molar-refractivity contribution in [1.82, 2.24) is 4.98 Å². The third-order valence-corrected chi connectivity index (χ3v) is 2.94. The topological polar surface area (TPSA) is 34.1 Å². The van der Waals surface area contributed by atoms with Crippen LogP contribution in [0.3, 0.4) is 0 Å². The second-order valence-corrected chi connectivity index (χ2v) is 5.25. The molecule has 1 heterocycles. The van der Waals surface area contributed by atoms with E-state index in [4.69, 9.17) is 16.3 Å². The number of anilines is 1. The Hall–Kier alpha value is -0.960. The molecule has 0 amide bonds. The van der Waals surface area contributed by atoms with E-state index in [1.807, 2.05) is 18.2 Å². The molecule has 4 heteroatoms. The minimum absolute atomic E-state index is 0.222. The maximum Gasteiger partial charge on any atom is 0.214 e. The SMILES string of the molecule is COc1cccc(NCC(C)(C)CCCCl)n1. The monoisotopic (exact) mass is 256 g/mol. The van der Waals surface area contributed by atoms with Gasteiger partial charge in [0.2, 0.25) is 5.88 Å². The maximum absolute atomic E-state index is 5.72. The van der Waals surface area contributed by atoms with E-state index in [0.717, 1.165) is 31.1 Å². The fourth-order valence-corrected chi connectivity index (χ4v) is 1.72. The van der Waals surface area contributed by atoms with E-state index in [0.29, 0.717) is 5.88 Å². The summed E-state index contributed by atoms with van der Waals surface area (Å²) in [6.45, 7) is 5.34. The number of nitrogens with one attached hydrogen (secondary N) is 1. The van der Waals surface area contributed by atoms with Crippen LogP contribution in [0.25, 0.3) is 0 Å². The van der Waals surface area contributed by atoms with E-state index in [2.05, 4.69) is 24.1 Å². The second-order valence-electron chi connectivity index (χ2n) is 4.88. The van der Waals surface area contributed by atoms with Crippen molar-refractivity contribution in [1.29, 1.82) is 0 Å². The van der Waals surface area contributed by atoms with Gasteiger partial charge < -0.3 is 10.1 Å². The zero-order valence-corrected chi connectivity index (χ0v) is 11.5. The van der Waals surface area contributed by atoms with Gasteiger partial charge in [-0.2, -0.15) is 4.98 Å². The molecule has 17 heavy (non-hydrogen) atoms. The lowest BCUT2D eigenvalue weighted by Gasteiger charge is -2.24.